The molecule has 5 heteroatoms. The second kappa shape index (κ2) is 6.73. The third-order valence-electron chi connectivity index (χ3n) is 3.43. The van der Waals surface area contributed by atoms with Crippen LogP contribution in [0.3, 0.4) is 0 Å². The summed E-state index contributed by atoms with van der Waals surface area (Å²) in [5, 5.41) is 6.17. The molecule has 19 heavy (non-hydrogen) atoms. The maximum Gasteiger partial charge on any atom is 0.238 e. The zero-order valence-corrected chi connectivity index (χ0v) is 11.7. The molecule has 1 unspecified atom stereocenters. The van der Waals surface area contributed by atoms with Crippen LogP contribution in [0.1, 0.15) is 25.4 Å². The Bertz CT molecular complexity index is 417. The first kappa shape index (κ1) is 14.1. The largest absolute Gasteiger partial charge is 0.465 e. The molecule has 1 aliphatic heterocycles. The number of likely N-dealkylation sites (N-methyl/N-ethyl adjacent to an activating group) is 1. The Balaban J connectivity index is 2.00. The molecule has 5 nitrogen and oxygen atoms in total. The second-order valence-corrected chi connectivity index (χ2v) is 4.81. The van der Waals surface area contributed by atoms with Gasteiger partial charge in [0.15, 0.2) is 0 Å². The Morgan fingerprint density at radius 2 is 2.26 bits per heavy atom. The molecule has 106 valence electrons. The van der Waals surface area contributed by atoms with Gasteiger partial charge in [-0.15, -0.1) is 0 Å². The van der Waals surface area contributed by atoms with Crippen molar-refractivity contribution >= 4 is 5.91 Å². The Morgan fingerprint density at radius 1 is 1.47 bits per heavy atom. The Hall–Kier alpha value is -1.33. The lowest BCUT2D eigenvalue weighted by Gasteiger charge is -2.34. The summed E-state index contributed by atoms with van der Waals surface area (Å²) < 4.78 is 5.73. The van der Waals surface area contributed by atoms with E-state index < -0.39 is 0 Å². The predicted molar refractivity (Wildman–Crippen MR) is 73.8 cm³/mol. The lowest BCUT2D eigenvalue weighted by atomic mass is 10.1. The van der Waals surface area contributed by atoms with Crippen LogP contribution in [0.25, 0.3) is 0 Å². The highest BCUT2D eigenvalue weighted by atomic mass is 16.3. The molecule has 2 heterocycles. The first-order valence-electron chi connectivity index (χ1n) is 7.04. The Morgan fingerprint density at radius 3 is 2.95 bits per heavy atom. The van der Waals surface area contributed by atoms with E-state index in [-0.39, 0.29) is 11.9 Å². The highest BCUT2D eigenvalue weighted by Gasteiger charge is 2.28. The molecule has 0 bridgehead atoms. The fraction of sp³-hybridized carbons (Fsp3) is 0.643. The first-order valence-corrected chi connectivity index (χ1v) is 7.04. The van der Waals surface area contributed by atoms with Crippen molar-refractivity contribution in [3.05, 3.63) is 23.7 Å². The van der Waals surface area contributed by atoms with Crippen molar-refractivity contribution in [2.75, 3.05) is 26.2 Å². The van der Waals surface area contributed by atoms with Gasteiger partial charge in [0.05, 0.1) is 6.54 Å². The number of nitrogens with zero attached hydrogens (tertiary/aromatic N) is 1. The fourth-order valence-corrected chi connectivity index (χ4v) is 2.38. The van der Waals surface area contributed by atoms with Crippen LogP contribution >= 0.6 is 0 Å². The summed E-state index contributed by atoms with van der Waals surface area (Å²) in [7, 11) is 0. The van der Waals surface area contributed by atoms with Crippen LogP contribution in [-0.4, -0.2) is 43.0 Å². The van der Waals surface area contributed by atoms with Gasteiger partial charge in [-0.3, -0.25) is 9.69 Å². The fourth-order valence-electron chi connectivity index (χ4n) is 2.38. The van der Waals surface area contributed by atoms with Crippen LogP contribution < -0.4 is 10.6 Å². The average Bonchev–Trinajstić information content (AvgIpc) is 2.87. The summed E-state index contributed by atoms with van der Waals surface area (Å²) in [4.78, 5) is 14.2. The molecule has 1 aliphatic rings. The van der Waals surface area contributed by atoms with Gasteiger partial charge in [-0.25, -0.2) is 0 Å². The molecular weight excluding hydrogens is 242 g/mol. The summed E-state index contributed by atoms with van der Waals surface area (Å²) >= 11 is 0. The zero-order chi connectivity index (χ0) is 13.7. The summed E-state index contributed by atoms with van der Waals surface area (Å²) in [5.74, 6) is 2.03. The first-order chi connectivity index (χ1) is 9.24. The van der Waals surface area contributed by atoms with Crippen LogP contribution in [0.5, 0.6) is 0 Å². The molecule has 0 radical (unpaired) electrons. The van der Waals surface area contributed by atoms with Crippen molar-refractivity contribution < 1.29 is 9.21 Å². The predicted octanol–water partition coefficient (Wildman–Crippen LogP) is 0.752. The number of carbonyl (C=O) groups is 1. The molecule has 1 amide bonds. The molecule has 2 N–H and O–H groups in total. The highest BCUT2D eigenvalue weighted by molar-refractivity contribution is 5.82. The molecule has 1 saturated heterocycles. The number of piperazine rings is 1. The van der Waals surface area contributed by atoms with Crippen molar-refractivity contribution in [3.63, 3.8) is 0 Å². The molecule has 1 aromatic heterocycles. The van der Waals surface area contributed by atoms with Gasteiger partial charge in [-0.2, -0.15) is 0 Å². The number of rotatable bonds is 5. The minimum atomic E-state index is -0.108. The smallest absolute Gasteiger partial charge is 0.238 e. The van der Waals surface area contributed by atoms with Gasteiger partial charge in [-0.05, 0) is 19.1 Å². The zero-order valence-electron chi connectivity index (χ0n) is 11.7. The highest BCUT2D eigenvalue weighted by Crippen LogP contribution is 2.14. The lowest BCUT2D eigenvalue weighted by molar-refractivity contribution is -0.127. The van der Waals surface area contributed by atoms with E-state index in [0.29, 0.717) is 19.6 Å². The van der Waals surface area contributed by atoms with E-state index in [0.717, 1.165) is 31.0 Å². The van der Waals surface area contributed by atoms with E-state index in [4.69, 9.17) is 4.42 Å². The second-order valence-electron chi connectivity index (χ2n) is 4.81. The van der Waals surface area contributed by atoms with Gasteiger partial charge < -0.3 is 15.1 Å². The van der Waals surface area contributed by atoms with Crippen LogP contribution in [-0.2, 0) is 17.8 Å². The number of carbonyl (C=O) groups excluding carboxylic acids is 1. The molecule has 2 rings (SSSR count). The Kier molecular flexibility index (Phi) is 4.99. The van der Waals surface area contributed by atoms with E-state index in [1.54, 1.807) is 0 Å². The maximum atomic E-state index is 12.0. The molecular formula is C14H23N3O2. The van der Waals surface area contributed by atoms with Gasteiger partial charge in [0, 0.05) is 32.6 Å². The van der Waals surface area contributed by atoms with Crippen LogP contribution in [0.4, 0.5) is 0 Å². The van der Waals surface area contributed by atoms with E-state index in [1.165, 1.54) is 0 Å². The molecule has 0 aliphatic carbocycles. The normalized spacial score (nSPS) is 20.4. The quantitative estimate of drug-likeness (QED) is 0.825. The van der Waals surface area contributed by atoms with Gasteiger partial charge in [0.2, 0.25) is 5.91 Å². The molecule has 1 atom stereocenters. The SMILES string of the molecule is CCNC(=O)C1CNCCN1Cc1ccc(CC)o1. The topological polar surface area (TPSA) is 57.5 Å². The minimum Gasteiger partial charge on any atom is -0.465 e. The van der Waals surface area contributed by atoms with E-state index in [9.17, 15) is 4.79 Å². The van der Waals surface area contributed by atoms with Gasteiger partial charge in [0.1, 0.15) is 17.6 Å². The van der Waals surface area contributed by atoms with E-state index in [1.807, 2.05) is 19.1 Å². The van der Waals surface area contributed by atoms with Crippen LogP contribution in [0, 0.1) is 0 Å². The van der Waals surface area contributed by atoms with E-state index in [2.05, 4.69) is 22.5 Å². The number of aryl methyl sites for hydroxylation is 1. The molecule has 0 spiro atoms. The number of nitrogens with one attached hydrogen (secondary N) is 2. The average molecular weight is 265 g/mol. The van der Waals surface area contributed by atoms with Gasteiger partial charge in [-0.1, -0.05) is 6.92 Å². The molecule has 1 aromatic rings. The molecule has 0 saturated carbocycles. The number of furan rings is 1. The summed E-state index contributed by atoms with van der Waals surface area (Å²) in [6, 6.07) is 3.91. The third kappa shape index (κ3) is 3.58. The van der Waals surface area contributed by atoms with Gasteiger partial charge in [0.25, 0.3) is 0 Å². The summed E-state index contributed by atoms with van der Waals surface area (Å²) in [6.45, 7) is 7.87. The monoisotopic (exact) mass is 265 g/mol. The van der Waals surface area contributed by atoms with E-state index >= 15 is 0 Å². The lowest BCUT2D eigenvalue weighted by Crippen LogP contribution is -2.57. The van der Waals surface area contributed by atoms with Crippen molar-refractivity contribution in [2.45, 2.75) is 32.9 Å². The van der Waals surface area contributed by atoms with Crippen molar-refractivity contribution in [1.29, 1.82) is 0 Å². The summed E-state index contributed by atoms with van der Waals surface area (Å²) in [6.07, 6.45) is 0.904. The standard InChI is InChI=1S/C14H23N3O2/c1-3-11-5-6-12(19-11)10-17-8-7-15-9-13(17)14(18)16-4-2/h5-6,13,15H,3-4,7-10H2,1-2H3,(H,16,18). The third-order valence-corrected chi connectivity index (χ3v) is 3.43. The maximum absolute atomic E-state index is 12.0. The number of amides is 1. The van der Waals surface area contributed by atoms with Crippen LogP contribution in [0.2, 0.25) is 0 Å². The van der Waals surface area contributed by atoms with Crippen molar-refractivity contribution in [2.24, 2.45) is 0 Å². The van der Waals surface area contributed by atoms with Crippen LogP contribution in [0.15, 0.2) is 16.5 Å². The molecule has 1 fully saturated rings. The van der Waals surface area contributed by atoms with Gasteiger partial charge >= 0.3 is 0 Å². The minimum absolute atomic E-state index is 0.0944. The summed E-state index contributed by atoms with van der Waals surface area (Å²) in [5.41, 5.74) is 0. The number of hydrogen-bond donors (Lipinski definition) is 2. The van der Waals surface area contributed by atoms with Crippen molar-refractivity contribution in [1.82, 2.24) is 15.5 Å². The van der Waals surface area contributed by atoms with Crippen molar-refractivity contribution in [3.8, 4) is 0 Å². The Labute approximate surface area is 114 Å². The number of hydrogen-bond acceptors (Lipinski definition) is 4. The molecule has 0 aromatic carbocycles.